The summed E-state index contributed by atoms with van der Waals surface area (Å²) in [5.41, 5.74) is 0. The van der Waals surface area contributed by atoms with E-state index in [0.717, 1.165) is 12.5 Å². The van der Waals surface area contributed by atoms with Gasteiger partial charge >= 0.3 is 6.03 Å². The second-order valence-corrected chi connectivity index (χ2v) is 3.88. The maximum absolute atomic E-state index is 11.4. The first-order valence-corrected chi connectivity index (χ1v) is 4.79. The van der Waals surface area contributed by atoms with E-state index in [1.807, 2.05) is 4.90 Å². The molecule has 0 aromatic carbocycles. The Morgan fingerprint density at radius 3 is 2.50 bits per heavy atom. The molecule has 12 heavy (non-hydrogen) atoms. The molecule has 68 valence electrons. The van der Waals surface area contributed by atoms with Crippen molar-refractivity contribution in [2.24, 2.45) is 5.92 Å². The zero-order chi connectivity index (χ0) is 8.55. The molecular weight excluding hydrogens is 152 g/mol. The van der Waals surface area contributed by atoms with Crippen LogP contribution in [0.2, 0.25) is 0 Å². The smallest absolute Gasteiger partial charge is 0.317 e. The molecule has 2 amide bonds. The molecule has 3 nitrogen and oxygen atoms in total. The largest absolute Gasteiger partial charge is 0.341 e. The Hall–Kier alpha value is -0.730. The summed E-state index contributed by atoms with van der Waals surface area (Å²) in [6.45, 7) is 0.990. The van der Waals surface area contributed by atoms with Crippen LogP contribution in [0, 0.1) is 5.92 Å². The molecule has 0 aliphatic heterocycles. The van der Waals surface area contributed by atoms with Gasteiger partial charge in [0.05, 0.1) is 0 Å². The molecule has 2 aliphatic rings. The predicted molar refractivity (Wildman–Crippen MR) is 46.9 cm³/mol. The van der Waals surface area contributed by atoms with Gasteiger partial charge in [-0.05, 0) is 31.6 Å². The van der Waals surface area contributed by atoms with E-state index in [0.29, 0.717) is 6.04 Å². The predicted octanol–water partition coefficient (Wildman–Crippen LogP) is 1.20. The van der Waals surface area contributed by atoms with E-state index in [1.54, 1.807) is 7.05 Å². The first kappa shape index (κ1) is 7.90. The van der Waals surface area contributed by atoms with Crippen LogP contribution in [0.25, 0.3) is 0 Å². The zero-order valence-corrected chi connectivity index (χ0v) is 7.55. The average molecular weight is 168 g/mol. The molecule has 2 aliphatic carbocycles. The van der Waals surface area contributed by atoms with Gasteiger partial charge in [-0.2, -0.15) is 0 Å². The van der Waals surface area contributed by atoms with Crippen LogP contribution >= 0.6 is 0 Å². The minimum atomic E-state index is 0.115. The molecule has 0 unspecified atom stereocenters. The van der Waals surface area contributed by atoms with Crippen LogP contribution in [0.15, 0.2) is 0 Å². The van der Waals surface area contributed by atoms with Crippen molar-refractivity contribution in [2.45, 2.75) is 31.7 Å². The molecule has 0 saturated heterocycles. The van der Waals surface area contributed by atoms with Gasteiger partial charge in [0, 0.05) is 19.6 Å². The van der Waals surface area contributed by atoms with Gasteiger partial charge in [0.25, 0.3) is 0 Å². The SMILES string of the molecule is CNC(=O)N(CC1CC1)C1CC1. The van der Waals surface area contributed by atoms with Crippen molar-refractivity contribution in [2.75, 3.05) is 13.6 Å². The monoisotopic (exact) mass is 168 g/mol. The fourth-order valence-electron chi connectivity index (χ4n) is 1.51. The summed E-state index contributed by atoms with van der Waals surface area (Å²) in [6, 6.07) is 0.676. The number of urea groups is 1. The number of carbonyl (C=O) groups excluding carboxylic acids is 1. The molecule has 1 N–H and O–H groups in total. The highest BCUT2D eigenvalue weighted by Gasteiger charge is 2.35. The molecule has 2 rings (SSSR count). The highest BCUT2D eigenvalue weighted by atomic mass is 16.2. The third kappa shape index (κ3) is 1.71. The fraction of sp³-hybridized carbons (Fsp3) is 0.889. The Kier molecular flexibility index (Phi) is 1.95. The highest BCUT2D eigenvalue weighted by molar-refractivity contribution is 5.74. The molecule has 0 radical (unpaired) electrons. The van der Waals surface area contributed by atoms with Crippen molar-refractivity contribution in [3.63, 3.8) is 0 Å². The van der Waals surface area contributed by atoms with Crippen LogP contribution in [0.5, 0.6) is 0 Å². The standard InChI is InChI=1S/C9H16N2O/c1-10-9(12)11(8-4-5-8)6-7-2-3-7/h7-8H,2-6H2,1H3,(H,10,12). The molecule has 0 heterocycles. The normalized spacial score (nSPS) is 22.1. The molecule has 3 heteroatoms. The zero-order valence-electron chi connectivity index (χ0n) is 7.55. The summed E-state index contributed by atoms with van der Waals surface area (Å²) in [7, 11) is 1.71. The van der Waals surface area contributed by atoms with Gasteiger partial charge in [-0.3, -0.25) is 0 Å². The second kappa shape index (κ2) is 2.96. The summed E-state index contributed by atoms with van der Waals surface area (Å²) in [5.74, 6) is 0.808. The maximum Gasteiger partial charge on any atom is 0.317 e. The summed E-state index contributed by atoms with van der Waals surface area (Å²) in [4.78, 5) is 13.4. The van der Waals surface area contributed by atoms with Crippen molar-refractivity contribution < 1.29 is 4.79 Å². The van der Waals surface area contributed by atoms with E-state index in [2.05, 4.69) is 5.32 Å². The van der Waals surface area contributed by atoms with Gasteiger partial charge < -0.3 is 10.2 Å². The van der Waals surface area contributed by atoms with Crippen molar-refractivity contribution >= 4 is 6.03 Å². The number of carbonyl (C=O) groups is 1. The summed E-state index contributed by atoms with van der Waals surface area (Å²) in [5, 5.41) is 2.71. The lowest BCUT2D eigenvalue weighted by Crippen LogP contribution is -2.40. The highest BCUT2D eigenvalue weighted by Crippen LogP contribution is 2.34. The minimum absolute atomic E-state index is 0.115. The van der Waals surface area contributed by atoms with E-state index >= 15 is 0 Å². The van der Waals surface area contributed by atoms with Crippen LogP contribution in [0.3, 0.4) is 0 Å². The van der Waals surface area contributed by atoms with E-state index in [9.17, 15) is 4.79 Å². The molecule has 0 bridgehead atoms. The quantitative estimate of drug-likeness (QED) is 0.674. The third-order valence-corrected chi connectivity index (χ3v) is 2.61. The Balaban J connectivity index is 1.86. The van der Waals surface area contributed by atoms with Crippen LogP contribution < -0.4 is 5.32 Å². The van der Waals surface area contributed by atoms with Crippen LogP contribution in [-0.2, 0) is 0 Å². The molecule has 0 atom stereocenters. The van der Waals surface area contributed by atoms with Gasteiger partial charge in [-0.1, -0.05) is 0 Å². The number of hydrogen-bond acceptors (Lipinski definition) is 1. The maximum atomic E-state index is 11.4. The first-order valence-electron chi connectivity index (χ1n) is 4.79. The number of nitrogens with zero attached hydrogens (tertiary/aromatic N) is 1. The lowest BCUT2D eigenvalue weighted by atomic mass is 10.3. The molecule has 2 saturated carbocycles. The van der Waals surface area contributed by atoms with Gasteiger partial charge in [-0.15, -0.1) is 0 Å². The second-order valence-electron chi connectivity index (χ2n) is 3.88. The molecule has 0 aromatic heterocycles. The molecule has 0 spiro atoms. The van der Waals surface area contributed by atoms with Crippen molar-refractivity contribution in [3.05, 3.63) is 0 Å². The van der Waals surface area contributed by atoms with Crippen LogP contribution in [0.1, 0.15) is 25.7 Å². The van der Waals surface area contributed by atoms with Crippen LogP contribution in [0.4, 0.5) is 4.79 Å². The van der Waals surface area contributed by atoms with Crippen molar-refractivity contribution in [1.29, 1.82) is 0 Å². The van der Waals surface area contributed by atoms with Gasteiger partial charge in [-0.25, -0.2) is 4.79 Å². The lowest BCUT2D eigenvalue weighted by Gasteiger charge is -2.21. The molecule has 0 aromatic rings. The van der Waals surface area contributed by atoms with Crippen molar-refractivity contribution in [1.82, 2.24) is 10.2 Å². The fourth-order valence-corrected chi connectivity index (χ4v) is 1.51. The van der Waals surface area contributed by atoms with Gasteiger partial charge in [0.1, 0.15) is 0 Å². The molecular formula is C9H16N2O. The Bertz CT molecular complexity index is 185. The first-order chi connectivity index (χ1) is 5.81. The number of rotatable bonds is 3. The van der Waals surface area contributed by atoms with E-state index in [1.165, 1.54) is 25.7 Å². The number of amides is 2. The molecule has 2 fully saturated rings. The Morgan fingerprint density at radius 1 is 1.42 bits per heavy atom. The minimum Gasteiger partial charge on any atom is -0.341 e. The van der Waals surface area contributed by atoms with E-state index in [4.69, 9.17) is 0 Å². The van der Waals surface area contributed by atoms with E-state index in [-0.39, 0.29) is 6.03 Å². The van der Waals surface area contributed by atoms with Gasteiger partial charge in [0.15, 0.2) is 0 Å². The third-order valence-electron chi connectivity index (χ3n) is 2.61. The van der Waals surface area contributed by atoms with Gasteiger partial charge in [0.2, 0.25) is 0 Å². The lowest BCUT2D eigenvalue weighted by molar-refractivity contribution is 0.194. The van der Waals surface area contributed by atoms with Crippen LogP contribution in [-0.4, -0.2) is 30.6 Å². The van der Waals surface area contributed by atoms with Crippen molar-refractivity contribution in [3.8, 4) is 0 Å². The number of nitrogens with one attached hydrogen (secondary N) is 1. The topological polar surface area (TPSA) is 32.3 Å². The summed E-state index contributed by atoms with van der Waals surface area (Å²) >= 11 is 0. The summed E-state index contributed by atoms with van der Waals surface area (Å²) in [6.07, 6.45) is 5.06. The average Bonchev–Trinajstić information content (AvgIpc) is 2.88. The Labute approximate surface area is 73.1 Å². The Morgan fingerprint density at radius 2 is 2.08 bits per heavy atom. The van der Waals surface area contributed by atoms with E-state index < -0.39 is 0 Å². The summed E-state index contributed by atoms with van der Waals surface area (Å²) < 4.78 is 0. The number of hydrogen-bond donors (Lipinski definition) is 1.